The molecule has 98 valence electrons. The van der Waals surface area contributed by atoms with E-state index in [1.54, 1.807) is 0 Å². The molecule has 0 bridgehead atoms. The van der Waals surface area contributed by atoms with Gasteiger partial charge < -0.3 is 4.74 Å². The number of aldehydes is 1. The summed E-state index contributed by atoms with van der Waals surface area (Å²) in [5.41, 5.74) is 1.77. The summed E-state index contributed by atoms with van der Waals surface area (Å²) in [5.74, 6) is 1.53. The third-order valence-corrected chi connectivity index (χ3v) is 3.90. The summed E-state index contributed by atoms with van der Waals surface area (Å²) >= 11 is 0. The topological polar surface area (TPSA) is 26.3 Å². The molecular formula is C16H22O2. The Kier molecular flexibility index (Phi) is 4.40. The Morgan fingerprint density at radius 1 is 1.39 bits per heavy atom. The van der Waals surface area contributed by atoms with Crippen LogP contribution >= 0.6 is 0 Å². The predicted octanol–water partition coefficient (Wildman–Crippen LogP) is 4.16. The first-order valence-electron chi connectivity index (χ1n) is 6.95. The van der Waals surface area contributed by atoms with Gasteiger partial charge in [-0.05, 0) is 44.2 Å². The van der Waals surface area contributed by atoms with Crippen molar-refractivity contribution in [3.8, 4) is 5.75 Å². The second kappa shape index (κ2) is 6.03. The van der Waals surface area contributed by atoms with Crippen molar-refractivity contribution < 1.29 is 9.53 Å². The molecule has 0 aliphatic heterocycles. The van der Waals surface area contributed by atoms with E-state index in [1.807, 2.05) is 25.1 Å². The van der Waals surface area contributed by atoms with Gasteiger partial charge >= 0.3 is 0 Å². The van der Waals surface area contributed by atoms with Gasteiger partial charge in [-0.25, -0.2) is 0 Å². The van der Waals surface area contributed by atoms with Crippen molar-refractivity contribution in [2.45, 2.75) is 52.1 Å². The SMILES string of the molecule is CCC1CCCC(Oc2ccc(C)cc2C=O)C1. The van der Waals surface area contributed by atoms with Crippen LogP contribution in [-0.2, 0) is 0 Å². The van der Waals surface area contributed by atoms with E-state index in [0.29, 0.717) is 5.56 Å². The first kappa shape index (κ1) is 13.1. The number of aryl methyl sites for hydroxylation is 1. The van der Waals surface area contributed by atoms with Crippen LogP contribution in [0.1, 0.15) is 54.9 Å². The molecule has 2 atom stereocenters. The molecular weight excluding hydrogens is 224 g/mol. The molecule has 1 aromatic carbocycles. The normalized spacial score (nSPS) is 23.7. The molecule has 2 heteroatoms. The maximum absolute atomic E-state index is 11.1. The number of benzene rings is 1. The van der Waals surface area contributed by atoms with Crippen LogP contribution in [0, 0.1) is 12.8 Å². The van der Waals surface area contributed by atoms with Crippen LogP contribution < -0.4 is 4.74 Å². The fourth-order valence-electron chi connectivity index (χ4n) is 2.77. The van der Waals surface area contributed by atoms with Crippen molar-refractivity contribution >= 4 is 6.29 Å². The van der Waals surface area contributed by atoms with Crippen LogP contribution in [0.15, 0.2) is 18.2 Å². The summed E-state index contributed by atoms with van der Waals surface area (Å²) in [6.45, 7) is 4.24. The maximum Gasteiger partial charge on any atom is 0.153 e. The van der Waals surface area contributed by atoms with Gasteiger partial charge in [-0.1, -0.05) is 31.4 Å². The number of hydrogen-bond donors (Lipinski definition) is 0. The highest BCUT2D eigenvalue weighted by atomic mass is 16.5. The van der Waals surface area contributed by atoms with E-state index >= 15 is 0 Å². The van der Waals surface area contributed by atoms with Crippen molar-refractivity contribution in [1.29, 1.82) is 0 Å². The van der Waals surface area contributed by atoms with E-state index < -0.39 is 0 Å². The van der Waals surface area contributed by atoms with Gasteiger partial charge in [-0.3, -0.25) is 4.79 Å². The van der Waals surface area contributed by atoms with Crippen molar-refractivity contribution in [3.05, 3.63) is 29.3 Å². The molecule has 2 rings (SSSR count). The quantitative estimate of drug-likeness (QED) is 0.746. The van der Waals surface area contributed by atoms with Crippen LogP contribution in [0.25, 0.3) is 0 Å². The lowest BCUT2D eigenvalue weighted by atomic mass is 9.85. The van der Waals surface area contributed by atoms with Crippen LogP contribution in [0.3, 0.4) is 0 Å². The summed E-state index contributed by atoms with van der Waals surface area (Å²) in [7, 11) is 0. The Morgan fingerprint density at radius 3 is 2.94 bits per heavy atom. The fraction of sp³-hybridized carbons (Fsp3) is 0.562. The van der Waals surface area contributed by atoms with Crippen molar-refractivity contribution in [1.82, 2.24) is 0 Å². The Morgan fingerprint density at radius 2 is 2.22 bits per heavy atom. The molecule has 1 aliphatic rings. The second-order valence-corrected chi connectivity index (χ2v) is 5.34. The van der Waals surface area contributed by atoms with Crippen molar-refractivity contribution in [2.24, 2.45) is 5.92 Å². The highest BCUT2D eigenvalue weighted by molar-refractivity contribution is 5.79. The second-order valence-electron chi connectivity index (χ2n) is 5.34. The van der Waals surface area contributed by atoms with Crippen LogP contribution in [0.5, 0.6) is 5.75 Å². The monoisotopic (exact) mass is 246 g/mol. The van der Waals surface area contributed by atoms with Crippen molar-refractivity contribution in [3.63, 3.8) is 0 Å². The molecule has 18 heavy (non-hydrogen) atoms. The van der Waals surface area contributed by atoms with Gasteiger partial charge in [0.1, 0.15) is 5.75 Å². The van der Waals surface area contributed by atoms with Gasteiger partial charge in [-0.2, -0.15) is 0 Å². The summed E-state index contributed by atoms with van der Waals surface area (Å²) in [4.78, 5) is 11.1. The molecule has 2 unspecified atom stereocenters. The first-order valence-corrected chi connectivity index (χ1v) is 6.95. The highest BCUT2D eigenvalue weighted by Gasteiger charge is 2.22. The van der Waals surface area contributed by atoms with Gasteiger partial charge in [-0.15, -0.1) is 0 Å². The lowest BCUT2D eigenvalue weighted by Crippen LogP contribution is -2.25. The van der Waals surface area contributed by atoms with E-state index in [2.05, 4.69) is 6.92 Å². The Labute approximate surface area is 109 Å². The third kappa shape index (κ3) is 3.12. The largest absolute Gasteiger partial charge is 0.490 e. The molecule has 0 spiro atoms. The van der Waals surface area contributed by atoms with Gasteiger partial charge in [0.2, 0.25) is 0 Å². The molecule has 1 aliphatic carbocycles. The molecule has 0 heterocycles. The summed E-state index contributed by atoms with van der Waals surface area (Å²) in [6.07, 6.45) is 7.21. The molecule has 0 N–H and O–H groups in total. The van der Waals surface area contributed by atoms with E-state index in [1.165, 1.54) is 19.3 Å². The Bertz CT molecular complexity index is 412. The van der Waals surface area contributed by atoms with E-state index in [4.69, 9.17) is 4.74 Å². The summed E-state index contributed by atoms with van der Waals surface area (Å²) in [6, 6.07) is 5.82. The number of carbonyl (C=O) groups excluding carboxylic acids is 1. The van der Waals surface area contributed by atoms with E-state index in [0.717, 1.165) is 36.4 Å². The van der Waals surface area contributed by atoms with E-state index in [-0.39, 0.29) is 6.10 Å². The number of carbonyl (C=O) groups is 1. The van der Waals surface area contributed by atoms with Gasteiger partial charge in [0, 0.05) is 0 Å². The zero-order valence-electron chi connectivity index (χ0n) is 11.3. The first-order chi connectivity index (χ1) is 8.72. The molecule has 1 aromatic rings. The van der Waals surface area contributed by atoms with Crippen molar-refractivity contribution in [2.75, 3.05) is 0 Å². The maximum atomic E-state index is 11.1. The third-order valence-electron chi connectivity index (χ3n) is 3.90. The van der Waals surface area contributed by atoms with Gasteiger partial charge in [0.05, 0.1) is 11.7 Å². The van der Waals surface area contributed by atoms with E-state index in [9.17, 15) is 4.79 Å². The molecule has 0 aromatic heterocycles. The number of rotatable bonds is 4. The standard InChI is InChI=1S/C16H22O2/c1-3-13-5-4-6-15(10-13)18-16-8-7-12(2)9-14(16)11-17/h7-9,11,13,15H,3-6,10H2,1-2H3. The minimum absolute atomic E-state index is 0.283. The summed E-state index contributed by atoms with van der Waals surface area (Å²) < 4.78 is 6.03. The molecule has 0 amide bonds. The zero-order valence-corrected chi connectivity index (χ0v) is 11.3. The minimum Gasteiger partial charge on any atom is -0.490 e. The fourth-order valence-corrected chi connectivity index (χ4v) is 2.77. The van der Waals surface area contributed by atoms with Crippen LogP contribution in [0.4, 0.5) is 0 Å². The summed E-state index contributed by atoms with van der Waals surface area (Å²) in [5, 5.41) is 0. The molecule has 1 saturated carbocycles. The van der Waals surface area contributed by atoms with Gasteiger partial charge in [0.15, 0.2) is 6.29 Å². The average molecular weight is 246 g/mol. The highest BCUT2D eigenvalue weighted by Crippen LogP contribution is 2.30. The van der Waals surface area contributed by atoms with Crippen LogP contribution in [0.2, 0.25) is 0 Å². The lowest BCUT2D eigenvalue weighted by molar-refractivity contribution is 0.108. The molecule has 2 nitrogen and oxygen atoms in total. The predicted molar refractivity (Wildman–Crippen MR) is 73.2 cm³/mol. The number of ether oxygens (including phenoxy) is 1. The molecule has 1 fully saturated rings. The van der Waals surface area contributed by atoms with Crippen LogP contribution in [-0.4, -0.2) is 12.4 Å². The molecule has 0 saturated heterocycles. The Hall–Kier alpha value is -1.31. The molecule has 0 radical (unpaired) electrons. The number of hydrogen-bond acceptors (Lipinski definition) is 2. The average Bonchev–Trinajstić information content (AvgIpc) is 2.41. The minimum atomic E-state index is 0.283. The lowest BCUT2D eigenvalue weighted by Gasteiger charge is -2.29. The van der Waals surface area contributed by atoms with Gasteiger partial charge in [0.25, 0.3) is 0 Å². The Balaban J connectivity index is 2.06. The smallest absolute Gasteiger partial charge is 0.153 e. The zero-order chi connectivity index (χ0) is 13.0.